The van der Waals surface area contributed by atoms with E-state index in [0.29, 0.717) is 11.9 Å². The lowest BCUT2D eigenvalue weighted by molar-refractivity contribution is 0.392. The Labute approximate surface area is 161 Å². The molecule has 4 aromatic rings. The van der Waals surface area contributed by atoms with Crippen molar-refractivity contribution in [2.24, 2.45) is 0 Å². The number of thiophene rings is 1. The van der Waals surface area contributed by atoms with E-state index in [1.807, 2.05) is 13.8 Å². The third-order valence-electron chi connectivity index (χ3n) is 5.16. The molecule has 3 heterocycles. The summed E-state index contributed by atoms with van der Waals surface area (Å²) in [4.78, 5) is 19.8. The lowest BCUT2D eigenvalue weighted by atomic mass is 9.99. The predicted molar refractivity (Wildman–Crippen MR) is 109 cm³/mol. The number of rotatable bonds is 3. The fourth-order valence-corrected chi connectivity index (χ4v) is 4.40. The summed E-state index contributed by atoms with van der Waals surface area (Å²) >= 11 is 1.57. The molecule has 1 aromatic carbocycles. The van der Waals surface area contributed by atoms with Crippen LogP contribution in [0.4, 0.5) is 0 Å². The fraction of sp³-hybridized carbons (Fsp3) is 0.286. The summed E-state index contributed by atoms with van der Waals surface area (Å²) in [6.45, 7) is 10.4. The van der Waals surface area contributed by atoms with Crippen LogP contribution in [-0.4, -0.2) is 14.7 Å². The van der Waals surface area contributed by atoms with Gasteiger partial charge in [0.2, 0.25) is 0 Å². The topological polar surface area (TPSA) is 60.9 Å². The molecule has 3 aromatic heterocycles. The molecule has 0 bridgehead atoms. The summed E-state index contributed by atoms with van der Waals surface area (Å²) in [5, 5.41) is 4.67. The SMILES string of the molecule is Cc1ccc(-c2c(C)sc3ncn(Cc4c(C)noc4C)c(=O)c23)cc1C. The average molecular weight is 379 g/mol. The number of hydrogen-bond donors (Lipinski definition) is 0. The Balaban J connectivity index is 1.92. The zero-order chi connectivity index (χ0) is 19.3. The Bertz CT molecular complexity index is 1210. The van der Waals surface area contributed by atoms with Gasteiger partial charge in [0.05, 0.1) is 24.0 Å². The molecule has 0 spiro atoms. The second-order valence-electron chi connectivity index (χ2n) is 6.99. The first-order valence-electron chi connectivity index (χ1n) is 8.84. The molecule has 0 fully saturated rings. The molecular formula is C21H21N3O2S. The lowest BCUT2D eigenvalue weighted by Crippen LogP contribution is -2.21. The predicted octanol–water partition coefficient (Wildman–Crippen LogP) is 4.70. The Morgan fingerprint density at radius 3 is 2.56 bits per heavy atom. The van der Waals surface area contributed by atoms with Gasteiger partial charge in [0.15, 0.2) is 0 Å². The summed E-state index contributed by atoms with van der Waals surface area (Å²) in [7, 11) is 0. The first-order valence-corrected chi connectivity index (χ1v) is 9.66. The van der Waals surface area contributed by atoms with Gasteiger partial charge in [-0.25, -0.2) is 4.98 Å². The molecule has 0 atom stereocenters. The van der Waals surface area contributed by atoms with Crippen molar-refractivity contribution >= 4 is 21.6 Å². The molecule has 5 nitrogen and oxygen atoms in total. The minimum absolute atomic E-state index is 0.0300. The van der Waals surface area contributed by atoms with Crippen LogP contribution >= 0.6 is 11.3 Å². The van der Waals surface area contributed by atoms with Gasteiger partial charge in [-0.1, -0.05) is 23.4 Å². The Morgan fingerprint density at radius 1 is 1.11 bits per heavy atom. The van der Waals surface area contributed by atoms with Crippen LogP contribution in [0.2, 0.25) is 0 Å². The minimum Gasteiger partial charge on any atom is -0.361 e. The molecule has 138 valence electrons. The van der Waals surface area contributed by atoms with Crippen LogP contribution in [0.5, 0.6) is 0 Å². The molecule has 27 heavy (non-hydrogen) atoms. The lowest BCUT2D eigenvalue weighted by Gasteiger charge is -2.08. The molecule has 0 amide bonds. The maximum Gasteiger partial charge on any atom is 0.263 e. The monoisotopic (exact) mass is 379 g/mol. The highest BCUT2D eigenvalue weighted by Gasteiger charge is 2.18. The third kappa shape index (κ3) is 2.90. The van der Waals surface area contributed by atoms with Gasteiger partial charge in [-0.3, -0.25) is 9.36 Å². The fourth-order valence-electron chi connectivity index (χ4n) is 3.39. The van der Waals surface area contributed by atoms with Gasteiger partial charge in [-0.15, -0.1) is 11.3 Å². The van der Waals surface area contributed by atoms with Crippen molar-refractivity contribution in [1.29, 1.82) is 0 Å². The second kappa shape index (κ2) is 6.46. The van der Waals surface area contributed by atoms with E-state index in [1.54, 1.807) is 22.2 Å². The summed E-state index contributed by atoms with van der Waals surface area (Å²) in [5.74, 6) is 0.732. The zero-order valence-corrected chi connectivity index (χ0v) is 16.9. The molecular weight excluding hydrogens is 358 g/mol. The quantitative estimate of drug-likeness (QED) is 0.517. The van der Waals surface area contributed by atoms with E-state index in [9.17, 15) is 4.79 Å². The number of aryl methyl sites for hydroxylation is 5. The second-order valence-corrected chi connectivity index (χ2v) is 8.20. The van der Waals surface area contributed by atoms with E-state index in [1.165, 1.54) is 11.1 Å². The van der Waals surface area contributed by atoms with Crippen molar-refractivity contribution < 1.29 is 4.52 Å². The normalized spacial score (nSPS) is 11.4. The molecule has 0 radical (unpaired) electrons. The summed E-state index contributed by atoms with van der Waals surface area (Å²) in [6, 6.07) is 6.34. The van der Waals surface area contributed by atoms with E-state index < -0.39 is 0 Å². The van der Waals surface area contributed by atoms with Crippen molar-refractivity contribution in [3.63, 3.8) is 0 Å². The van der Waals surface area contributed by atoms with Crippen molar-refractivity contribution in [2.75, 3.05) is 0 Å². The standard InChI is InChI=1S/C21H21N3O2S/c1-11-6-7-16(8-12(11)2)18-15(5)27-20-19(18)21(25)24(10-22-20)9-17-13(3)23-26-14(17)4/h6-8,10H,9H2,1-5H3. The van der Waals surface area contributed by atoms with Gasteiger partial charge in [0.25, 0.3) is 5.56 Å². The number of fused-ring (bicyclic) bond motifs is 1. The number of benzene rings is 1. The van der Waals surface area contributed by atoms with Crippen LogP contribution in [0.15, 0.2) is 33.8 Å². The average Bonchev–Trinajstić information content (AvgIpc) is 3.13. The summed E-state index contributed by atoms with van der Waals surface area (Å²) in [5.41, 5.74) is 6.21. The molecule has 0 saturated heterocycles. The van der Waals surface area contributed by atoms with Crippen LogP contribution in [-0.2, 0) is 6.54 Å². The van der Waals surface area contributed by atoms with Crippen LogP contribution in [0.3, 0.4) is 0 Å². The number of nitrogens with zero attached hydrogens (tertiary/aromatic N) is 3. The summed E-state index contributed by atoms with van der Waals surface area (Å²) < 4.78 is 6.88. The van der Waals surface area contributed by atoms with Gasteiger partial charge in [-0.05, 0) is 51.3 Å². The van der Waals surface area contributed by atoms with E-state index in [2.05, 4.69) is 49.1 Å². The van der Waals surface area contributed by atoms with E-state index in [-0.39, 0.29) is 5.56 Å². The van der Waals surface area contributed by atoms with Gasteiger partial charge < -0.3 is 4.52 Å². The molecule has 0 aliphatic heterocycles. The zero-order valence-electron chi connectivity index (χ0n) is 16.1. The Morgan fingerprint density at radius 2 is 1.89 bits per heavy atom. The van der Waals surface area contributed by atoms with Crippen molar-refractivity contribution in [2.45, 2.75) is 41.2 Å². The molecule has 4 rings (SSSR count). The van der Waals surface area contributed by atoms with Gasteiger partial charge in [0, 0.05) is 16.0 Å². The van der Waals surface area contributed by atoms with Crippen LogP contribution in [0.1, 0.15) is 33.0 Å². The van der Waals surface area contributed by atoms with Gasteiger partial charge in [0.1, 0.15) is 10.6 Å². The highest BCUT2D eigenvalue weighted by atomic mass is 32.1. The highest BCUT2D eigenvalue weighted by Crippen LogP contribution is 2.36. The first kappa shape index (κ1) is 17.7. The van der Waals surface area contributed by atoms with Gasteiger partial charge in [-0.2, -0.15) is 0 Å². The first-order chi connectivity index (χ1) is 12.9. The Kier molecular flexibility index (Phi) is 4.23. The van der Waals surface area contributed by atoms with Crippen LogP contribution in [0.25, 0.3) is 21.3 Å². The van der Waals surface area contributed by atoms with E-state index >= 15 is 0 Å². The number of hydrogen-bond acceptors (Lipinski definition) is 5. The highest BCUT2D eigenvalue weighted by molar-refractivity contribution is 7.19. The third-order valence-corrected chi connectivity index (χ3v) is 6.17. The van der Waals surface area contributed by atoms with Gasteiger partial charge >= 0.3 is 0 Å². The molecule has 0 aliphatic rings. The van der Waals surface area contributed by atoms with Crippen molar-refractivity contribution in [1.82, 2.24) is 14.7 Å². The molecule has 6 heteroatoms. The minimum atomic E-state index is -0.0300. The maximum atomic E-state index is 13.3. The van der Waals surface area contributed by atoms with E-state index in [0.717, 1.165) is 37.9 Å². The number of aromatic nitrogens is 3. The summed E-state index contributed by atoms with van der Waals surface area (Å²) in [6.07, 6.45) is 1.62. The van der Waals surface area contributed by atoms with Crippen molar-refractivity contribution in [3.8, 4) is 11.1 Å². The van der Waals surface area contributed by atoms with Crippen molar-refractivity contribution in [3.05, 3.63) is 67.9 Å². The maximum absolute atomic E-state index is 13.3. The molecule has 0 N–H and O–H groups in total. The molecule has 0 aliphatic carbocycles. The molecule has 0 saturated carbocycles. The van der Waals surface area contributed by atoms with Crippen LogP contribution < -0.4 is 5.56 Å². The largest absolute Gasteiger partial charge is 0.361 e. The molecule has 0 unspecified atom stereocenters. The van der Waals surface area contributed by atoms with Crippen LogP contribution in [0, 0.1) is 34.6 Å². The van der Waals surface area contributed by atoms with E-state index in [4.69, 9.17) is 4.52 Å². The smallest absolute Gasteiger partial charge is 0.263 e. The Hall–Kier alpha value is -2.73.